The summed E-state index contributed by atoms with van der Waals surface area (Å²) in [4.78, 5) is 0.229. The van der Waals surface area contributed by atoms with Gasteiger partial charge in [-0.15, -0.1) is 0 Å². The molecule has 7 heteroatoms. The Morgan fingerprint density at radius 3 is 2.47 bits per heavy atom. The molecule has 0 saturated carbocycles. The highest BCUT2D eigenvalue weighted by atomic mass is 79.9. The van der Waals surface area contributed by atoms with Gasteiger partial charge in [-0.2, -0.15) is 4.31 Å². The van der Waals surface area contributed by atoms with Gasteiger partial charge in [-0.05, 0) is 69.4 Å². The summed E-state index contributed by atoms with van der Waals surface area (Å²) in [5.74, 6) is 0. The topological polar surface area (TPSA) is 69.6 Å². The van der Waals surface area contributed by atoms with E-state index in [-0.39, 0.29) is 17.0 Å². The van der Waals surface area contributed by atoms with Crippen molar-refractivity contribution in [3.63, 3.8) is 0 Å². The molecule has 0 aromatic heterocycles. The third-order valence-corrected chi connectivity index (χ3v) is 7.94. The smallest absolute Gasteiger partial charge is 0.242 e. The fraction of sp³-hybridized carbons (Fsp3) is 0.478. The monoisotopic (exact) mass is 496 g/mol. The van der Waals surface area contributed by atoms with E-state index in [9.17, 15) is 13.5 Å². The van der Waals surface area contributed by atoms with Crippen molar-refractivity contribution < 1.29 is 13.5 Å². The zero-order chi connectivity index (χ0) is 22.4. The number of aliphatic hydroxyl groups excluding tert-OH is 1. The molecular formula is C23H33BrN2O3S. The lowest BCUT2D eigenvalue weighted by Gasteiger charge is -2.29. The molecule has 2 N–H and O–H groups in total. The Morgan fingerprint density at radius 1 is 1.17 bits per heavy atom. The van der Waals surface area contributed by atoms with Crippen molar-refractivity contribution in [3.8, 4) is 0 Å². The largest absolute Gasteiger partial charge is 0.390 e. The molecule has 0 fully saturated rings. The molecule has 2 aromatic rings. The minimum atomic E-state index is -3.65. The standard InChI is InChI=1S/C23H33BrN2O3S/c1-18-15-21(12-13-22(18)24)30(28,29)26(4)17-20(27)16-25-23(2,3)14-8-11-19-9-6-5-7-10-19/h5-7,9-10,12-13,15,20,25,27H,8,11,14,16-17H2,1-4H3/t20-/m0/s1. The van der Waals surface area contributed by atoms with Crippen LogP contribution in [0.15, 0.2) is 57.9 Å². The minimum absolute atomic E-state index is 0.0323. The molecule has 0 saturated heterocycles. The van der Waals surface area contributed by atoms with Crippen LogP contribution in [0.2, 0.25) is 0 Å². The second-order valence-electron chi connectivity index (χ2n) is 8.45. The average Bonchev–Trinajstić information content (AvgIpc) is 2.69. The Bertz CT molecular complexity index is 917. The average molecular weight is 497 g/mol. The van der Waals surface area contributed by atoms with Crippen LogP contribution in [-0.4, -0.2) is 49.6 Å². The van der Waals surface area contributed by atoms with Crippen LogP contribution in [0.3, 0.4) is 0 Å². The van der Waals surface area contributed by atoms with Gasteiger partial charge in [0.1, 0.15) is 0 Å². The molecule has 0 aliphatic rings. The summed E-state index contributed by atoms with van der Waals surface area (Å²) in [5, 5.41) is 13.8. The van der Waals surface area contributed by atoms with Crippen LogP contribution in [0.4, 0.5) is 0 Å². The van der Waals surface area contributed by atoms with Gasteiger partial charge in [0.15, 0.2) is 0 Å². The predicted molar refractivity (Wildman–Crippen MR) is 126 cm³/mol. The van der Waals surface area contributed by atoms with Crippen LogP contribution >= 0.6 is 15.9 Å². The molecule has 0 bridgehead atoms. The number of likely N-dealkylation sites (N-methyl/N-ethyl adjacent to an activating group) is 1. The molecular weight excluding hydrogens is 464 g/mol. The second kappa shape index (κ2) is 10.9. The lowest BCUT2D eigenvalue weighted by molar-refractivity contribution is 0.138. The number of rotatable bonds is 11. The van der Waals surface area contributed by atoms with E-state index in [4.69, 9.17) is 0 Å². The van der Waals surface area contributed by atoms with Gasteiger partial charge in [-0.3, -0.25) is 0 Å². The van der Waals surface area contributed by atoms with Crippen LogP contribution in [0.1, 0.15) is 37.8 Å². The molecule has 0 amide bonds. The van der Waals surface area contributed by atoms with Crippen LogP contribution in [0.5, 0.6) is 0 Å². The summed E-state index contributed by atoms with van der Waals surface area (Å²) in [6.07, 6.45) is 2.22. The van der Waals surface area contributed by atoms with Crippen molar-refractivity contribution in [2.45, 2.75) is 56.6 Å². The first-order valence-electron chi connectivity index (χ1n) is 10.2. The minimum Gasteiger partial charge on any atom is -0.390 e. The van der Waals surface area contributed by atoms with Gasteiger partial charge in [-0.25, -0.2) is 8.42 Å². The maximum atomic E-state index is 12.8. The third-order valence-electron chi connectivity index (χ3n) is 5.23. The molecule has 166 valence electrons. The molecule has 0 aliphatic heterocycles. The molecule has 2 aromatic carbocycles. The molecule has 0 aliphatic carbocycles. The first-order chi connectivity index (χ1) is 14.0. The van der Waals surface area contributed by atoms with Crippen molar-refractivity contribution >= 4 is 26.0 Å². The second-order valence-corrected chi connectivity index (χ2v) is 11.4. The van der Waals surface area contributed by atoms with Gasteiger partial charge in [-0.1, -0.05) is 46.3 Å². The highest BCUT2D eigenvalue weighted by molar-refractivity contribution is 9.10. The van der Waals surface area contributed by atoms with E-state index >= 15 is 0 Å². The molecule has 5 nitrogen and oxygen atoms in total. The third kappa shape index (κ3) is 7.46. The molecule has 2 rings (SSSR count). The van der Waals surface area contributed by atoms with Gasteiger partial charge < -0.3 is 10.4 Å². The van der Waals surface area contributed by atoms with Crippen molar-refractivity contribution in [3.05, 3.63) is 64.1 Å². The van der Waals surface area contributed by atoms with Crippen molar-refractivity contribution in [1.82, 2.24) is 9.62 Å². The van der Waals surface area contributed by atoms with Crippen LogP contribution in [0.25, 0.3) is 0 Å². The number of β-amino-alcohol motifs (C(OH)–C–C–N with tert-alkyl or cyclic N) is 1. The number of aliphatic hydroxyl groups is 1. The Morgan fingerprint density at radius 2 is 1.83 bits per heavy atom. The number of nitrogens with one attached hydrogen (secondary N) is 1. The number of nitrogens with zero attached hydrogens (tertiary/aromatic N) is 1. The zero-order valence-corrected chi connectivity index (χ0v) is 20.6. The number of benzene rings is 2. The Hall–Kier alpha value is -1.25. The van der Waals surface area contributed by atoms with E-state index in [1.807, 2.05) is 13.0 Å². The lowest BCUT2D eigenvalue weighted by atomic mass is 9.95. The summed E-state index contributed by atoms with van der Waals surface area (Å²) in [6, 6.07) is 15.3. The van der Waals surface area contributed by atoms with E-state index in [1.165, 1.54) is 16.9 Å². The molecule has 0 spiro atoms. The van der Waals surface area contributed by atoms with E-state index in [1.54, 1.807) is 18.2 Å². The molecule has 0 unspecified atom stereocenters. The van der Waals surface area contributed by atoms with Crippen molar-refractivity contribution in [2.75, 3.05) is 20.1 Å². The number of sulfonamides is 1. The molecule has 1 atom stereocenters. The van der Waals surface area contributed by atoms with Gasteiger partial charge in [0.2, 0.25) is 10.0 Å². The van der Waals surface area contributed by atoms with Crippen LogP contribution < -0.4 is 5.32 Å². The maximum absolute atomic E-state index is 12.8. The first kappa shape index (κ1) is 25.0. The number of hydrogen-bond donors (Lipinski definition) is 2. The van der Waals surface area contributed by atoms with Crippen LogP contribution in [-0.2, 0) is 16.4 Å². The molecule has 0 radical (unpaired) electrons. The van der Waals surface area contributed by atoms with E-state index < -0.39 is 16.1 Å². The summed E-state index contributed by atoms with van der Waals surface area (Å²) in [5.41, 5.74) is 2.03. The quantitative estimate of drug-likeness (QED) is 0.490. The number of halogens is 1. The predicted octanol–water partition coefficient (Wildman–Crippen LogP) is 4.13. The lowest BCUT2D eigenvalue weighted by Crippen LogP contribution is -2.46. The fourth-order valence-corrected chi connectivity index (χ4v) is 4.82. The fourth-order valence-electron chi connectivity index (χ4n) is 3.28. The van der Waals surface area contributed by atoms with Crippen molar-refractivity contribution in [2.24, 2.45) is 0 Å². The number of hydrogen-bond acceptors (Lipinski definition) is 4. The van der Waals surface area contributed by atoms with E-state index in [0.29, 0.717) is 6.54 Å². The molecule has 0 heterocycles. The van der Waals surface area contributed by atoms with E-state index in [2.05, 4.69) is 59.4 Å². The van der Waals surface area contributed by atoms with E-state index in [0.717, 1.165) is 29.3 Å². The Kier molecular flexibility index (Phi) is 9.06. The van der Waals surface area contributed by atoms with Crippen LogP contribution in [0, 0.1) is 6.92 Å². The number of aryl methyl sites for hydroxylation is 2. The first-order valence-corrected chi connectivity index (χ1v) is 12.4. The van der Waals surface area contributed by atoms with Gasteiger partial charge in [0.05, 0.1) is 11.0 Å². The van der Waals surface area contributed by atoms with Crippen molar-refractivity contribution in [1.29, 1.82) is 0 Å². The molecule has 30 heavy (non-hydrogen) atoms. The summed E-state index contributed by atoms with van der Waals surface area (Å²) in [6.45, 7) is 6.43. The summed E-state index contributed by atoms with van der Waals surface area (Å²) >= 11 is 3.39. The van der Waals surface area contributed by atoms with Gasteiger partial charge >= 0.3 is 0 Å². The summed E-state index contributed by atoms with van der Waals surface area (Å²) in [7, 11) is -2.15. The normalized spacial score (nSPS) is 13.6. The SMILES string of the molecule is Cc1cc(S(=O)(=O)N(C)C[C@@H](O)CNC(C)(C)CCCc2ccccc2)ccc1Br. The van der Waals surface area contributed by atoms with Gasteiger partial charge in [0.25, 0.3) is 0 Å². The zero-order valence-electron chi connectivity index (χ0n) is 18.2. The summed E-state index contributed by atoms with van der Waals surface area (Å²) < 4.78 is 27.7. The Labute approximate surface area is 189 Å². The Balaban J connectivity index is 1.83. The van der Waals surface area contributed by atoms with Gasteiger partial charge in [0, 0.05) is 30.1 Å². The highest BCUT2D eigenvalue weighted by Crippen LogP contribution is 2.22. The highest BCUT2D eigenvalue weighted by Gasteiger charge is 2.25. The maximum Gasteiger partial charge on any atom is 0.242 e.